The number of Topliss-reactive ketones (excluding diaryl/α,β-unsaturated/α-hetero) is 1. The molecule has 2 rings (SSSR count). The molecule has 1 fully saturated rings. The van der Waals surface area contributed by atoms with Crippen molar-refractivity contribution in [3.63, 3.8) is 0 Å². The molecule has 0 amide bonds. The van der Waals surface area contributed by atoms with E-state index in [4.69, 9.17) is 9.47 Å². The lowest BCUT2D eigenvalue weighted by Gasteiger charge is -2.28. The zero-order valence-corrected chi connectivity index (χ0v) is 11.1. The molecule has 1 aromatic carbocycles. The Kier molecular flexibility index (Phi) is 3.87. The van der Waals surface area contributed by atoms with Gasteiger partial charge in [-0.25, -0.2) is 0 Å². The van der Waals surface area contributed by atoms with Crippen LogP contribution in [0.2, 0.25) is 0 Å². The van der Waals surface area contributed by atoms with Crippen LogP contribution in [0.25, 0.3) is 0 Å². The van der Waals surface area contributed by atoms with Crippen molar-refractivity contribution < 1.29 is 14.3 Å². The summed E-state index contributed by atoms with van der Waals surface area (Å²) in [4.78, 5) is 14.1. The lowest BCUT2D eigenvalue weighted by atomic mass is 9.88. The summed E-state index contributed by atoms with van der Waals surface area (Å²) in [5, 5.41) is 0. The van der Waals surface area contributed by atoms with Gasteiger partial charge in [-0.2, -0.15) is 0 Å². The molecular weight excluding hydrogens is 230 g/mol. The first kappa shape index (κ1) is 12.9. The number of ether oxygens (including phenoxy) is 2. The summed E-state index contributed by atoms with van der Waals surface area (Å²) >= 11 is 0. The van der Waals surface area contributed by atoms with E-state index in [9.17, 15) is 4.79 Å². The molecule has 1 unspecified atom stereocenters. The third-order valence-electron chi connectivity index (χ3n) is 3.42. The van der Waals surface area contributed by atoms with E-state index in [2.05, 4.69) is 4.90 Å². The second-order valence-electron chi connectivity index (χ2n) is 4.66. The molecule has 1 aliphatic heterocycles. The summed E-state index contributed by atoms with van der Waals surface area (Å²) in [7, 11) is 5.19. The van der Waals surface area contributed by atoms with Crippen LogP contribution < -0.4 is 9.47 Å². The second-order valence-corrected chi connectivity index (χ2v) is 4.66. The largest absolute Gasteiger partial charge is 0.493 e. The second kappa shape index (κ2) is 5.40. The quantitative estimate of drug-likeness (QED) is 0.817. The van der Waals surface area contributed by atoms with Crippen LogP contribution in [0, 0.1) is 0 Å². The number of likely N-dealkylation sites (N-methyl/N-ethyl adjacent to an activating group) is 1. The average molecular weight is 249 g/mol. The molecule has 1 saturated heterocycles. The van der Waals surface area contributed by atoms with E-state index in [0.717, 1.165) is 18.5 Å². The number of hydrogen-bond donors (Lipinski definition) is 0. The molecule has 0 saturated carbocycles. The molecule has 98 valence electrons. The molecule has 0 aromatic heterocycles. The maximum atomic E-state index is 12.0. The van der Waals surface area contributed by atoms with Gasteiger partial charge in [0.05, 0.1) is 20.8 Å². The van der Waals surface area contributed by atoms with Crippen LogP contribution in [0.1, 0.15) is 17.9 Å². The highest BCUT2D eigenvalue weighted by molar-refractivity contribution is 5.88. The van der Waals surface area contributed by atoms with Gasteiger partial charge in [0, 0.05) is 5.92 Å². The summed E-state index contributed by atoms with van der Waals surface area (Å²) in [6, 6.07) is 5.72. The molecule has 4 heteroatoms. The molecule has 1 aliphatic rings. The molecule has 0 bridgehead atoms. The standard InChI is InChI=1S/C14H19NO3/c1-15-7-6-11(12(16)9-15)10-4-5-13(17-2)14(8-10)18-3/h4-5,8,11H,6-7,9H2,1-3H3. The van der Waals surface area contributed by atoms with Crippen molar-refractivity contribution in [3.8, 4) is 11.5 Å². The number of ketones is 1. The third kappa shape index (κ3) is 2.48. The monoisotopic (exact) mass is 249 g/mol. The summed E-state index contributed by atoms with van der Waals surface area (Å²) in [5.41, 5.74) is 1.02. The van der Waals surface area contributed by atoms with Crippen molar-refractivity contribution in [1.82, 2.24) is 4.90 Å². The van der Waals surface area contributed by atoms with Gasteiger partial charge < -0.3 is 9.47 Å². The predicted molar refractivity (Wildman–Crippen MR) is 69.4 cm³/mol. The molecule has 0 spiro atoms. The number of carbonyl (C=O) groups excluding carboxylic acids is 1. The lowest BCUT2D eigenvalue weighted by molar-refractivity contribution is -0.123. The van der Waals surface area contributed by atoms with E-state index in [1.54, 1.807) is 14.2 Å². The fourth-order valence-corrected chi connectivity index (χ4v) is 2.39. The smallest absolute Gasteiger partial charge is 0.161 e. The Bertz CT molecular complexity index is 445. The first-order valence-corrected chi connectivity index (χ1v) is 6.09. The third-order valence-corrected chi connectivity index (χ3v) is 3.42. The van der Waals surface area contributed by atoms with Crippen LogP contribution in [0.5, 0.6) is 11.5 Å². The van der Waals surface area contributed by atoms with Gasteiger partial charge in [0.2, 0.25) is 0 Å². The highest BCUT2D eigenvalue weighted by Gasteiger charge is 2.27. The van der Waals surface area contributed by atoms with Crippen molar-refractivity contribution in [2.24, 2.45) is 0 Å². The SMILES string of the molecule is COc1ccc(C2CCN(C)CC2=O)cc1OC. The number of carbonyl (C=O) groups is 1. The first-order chi connectivity index (χ1) is 8.65. The Morgan fingerprint density at radius 3 is 2.56 bits per heavy atom. The Hall–Kier alpha value is -1.55. The van der Waals surface area contributed by atoms with Crippen LogP contribution in [0.4, 0.5) is 0 Å². The van der Waals surface area contributed by atoms with E-state index in [0.29, 0.717) is 18.0 Å². The summed E-state index contributed by atoms with van der Waals surface area (Å²) in [5.74, 6) is 1.64. The summed E-state index contributed by atoms with van der Waals surface area (Å²) in [6.07, 6.45) is 0.866. The molecule has 1 heterocycles. The van der Waals surface area contributed by atoms with Gasteiger partial charge in [-0.1, -0.05) is 6.07 Å². The Morgan fingerprint density at radius 2 is 1.94 bits per heavy atom. The number of benzene rings is 1. The fourth-order valence-electron chi connectivity index (χ4n) is 2.39. The average Bonchev–Trinajstić information content (AvgIpc) is 2.38. The minimum Gasteiger partial charge on any atom is -0.493 e. The summed E-state index contributed by atoms with van der Waals surface area (Å²) in [6.45, 7) is 1.48. The molecule has 0 aliphatic carbocycles. The van der Waals surface area contributed by atoms with Crippen LogP contribution in [0.3, 0.4) is 0 Å². The van der Waals surface area contributed by atoms with Crippen LogP contribution >= 0.6 is 0 Å². The zero-order valence-electron chi connectivity index (χ0n) is 11.1. The van der Waals surface area contributed by atoms with Crippen molar-refractivity contribution in [1.29, 1.82) is 0 Å². The highest BCUT2D eigenvalue weighted by atomic mass is 16.5. The molecule has 0 radical (unpaired) electrons. The van der Waals surface area contributed by atoms with Gasteiger partial charge in [-0.15, -0.1) is 0 Å². The number of rotatable bonds is 3. The number of likely N-dealkylation sites (tertiary alicyclic amines) is 1. The Balaban J connectivity index is 2.25. The van der Waals surface area contributed by atoms with Gasteiger partial charge in [-0.05, 0) is 37.7 Å². The highest BCUT2D eigenvalue weighted by Crippen LogP contribution is 2.33. The van der Waals surface area contributed by atoms with Gasteiger partial charge in [0.25, 0.3) is 0 Å². The molecule has 0 N–H and O–H groups in total. The van der Waals surface area contributed by atoms with Crippen LogP contribution in [0.15, 0.2) is 18.2 Å². The summed E-state index contributed by atoms with van der Waals surface area (Å²) < 4.78 is 10.5. The molecule has 1 aromatic rings. The number of nitrogens with zero attached hydrogens (tertiary/aromatic N) is 1. The van der Waals surface area contributed by atoms with Crippen LogP contribution in [-0.4, -0.2) is 45.0 Å². The molecule has 1 atom stereocenters. The number of methoxy groups -OCH3 is 2. The van der Waals surface area contributed by atoms with Gasteiger partial charge in [-0.3, -0.25) is 9.69 Å². The van der Waals surface area contributed by atoms with Gasteiger partial charge in [0.15, 0.2) is 17.3 Å². The van der Waals surface area contributed by atoms with E-state index in [-0.39, 0.29) is 11.7 Å². The predicted octanol–water partition coefficient (Wildman–Crippen LogP) is 1.69. The first-order valence-electron chi connectivity index (χ1n) is 6.09. The van der Waals surface area contributed by atoms with E-state index < -0.39 is 0 Å². The maximum Gasteiger partial charge on any atom is 0.161 e. The van der Waals surface area contributed by atoms with Crippen molar-refractivity contribution in [3.05, 3.63) is 23.8 Å². The van der Waals surface area contributed by atoms with Crippen molar-refractivity contribution in [2.45, 2.75) is 12.3 Å². The minimum absolute atomic E-state index is 0.0130. The molecular formula is C14H19NO3. The lowest BCUT2D eigenvalue weighted by Crippen LogP contribution is -2.37. The van der Waals surface area contributed by atoms with Gasteiger partial charge >= 0.3 is 0 Å². The minimum atomic E-state index is -0.0130. The Labute approximate surface area is 107 Å². The van der Waals surface area contributed by atoms with Gasteiger partial charge in [0.1, 0.15) is 0 Å². The maximum absolute atomic E-state index is 12.0. The Morgan fingerprint density at radius 1 is 1.22 bits per heavy atom. The molecule has 4 nitrogen and oxygen atoms in total. The number of piperidine rings is 1. The fraction of sp³-hybridized carbons (Fsp3) is 0.500. The van der Waals surface area contributed by atoms with E-state index in [1.807, 2.05) is 25.2 Å². The topological polar surface area (TPSA) is 38.8 Å². The van der Waals surface area contributed by atoms with Crippen LogP contribution in [-0.2, 0) is 4.79 Å². The van der Waals surface area contributed by atoms with Crippen molar-refractivity contribution >= 4 is 5.78 Å². The normalized spacial score (nSPS) is 20.8. The van der Waals surface area contributed by atoms with E-state index in [1.165, 1.54) is 0 Å². The zero-order chi connectivity index (χ0) is 13.1. The van der Waals surface area contributed by atoms with Crippen molar-refractivity contribution in [2.75, 3.05) is 34.4 Å². The molecule has 18 heavy (non-hydrogen) atoms. The van der Waals surface area contributed by atoms with E-state index >= 15 is 0 Å². The number of hydrogen-bond acceptors (Lipinski definition) is 4.